The van der Waals surface area contributed by atoms with E-state index in [0.29, 0.717) is 0 Å². The Morgan fingerprint density at radius 1 is 0.821 bits per heavy atom. The minimum absolute atomic E-state index is 0.813. The van der Waals surface area contributed by atoms with Crippen LogP contribution in [0.25, 0.3) is 0 Å². The van der Waals surface area contributed by atoms with Crippen LogP contribution in [-0.4, -0.2) is 0 Å². The topological polar surface area (TPSA) is 23.8 Å². The highest BCUT2D eigenvalue weighted by atomic mass is 14.3. The van der Waals surface area contributed by atoms with Crippen molar-refractivity contribution in [3.8, 4) is 6.07 Å². The number of hydrogen-bond acceptors (Lipinski definition) is 1. The zero-order chi connectivity index (χ0) is 19.6. The summed E-state index contributed by atoms with van der Waals surface area (Å²) in [5.41, 5.74) is 3.05. The number of allylic oxidation sites excluding steroid dienone is 2. The fourth-order valence-corrected chi connectivity index (χ4v) is 5.56. The number of hydrogen-bond donors (Lipinski definition) is 0. The molecule has 1 nitrogen and oxygen atoms in total. The second-order valence-electron chi connectivity index (χ2n) is 9.39. The lowest BCUT2D eigenvalue weighted by molar-refractivity contribution is 0.225. The van der Waals surface area contributed by atoms with Gasteiger partial charge in [-0.3, -0.25) is 0 Å². The fraction of sp³-hybridized carbons (Fsp3) is 0.667. The molecule has 2 aliphatic rings. The van der Waals surface area contributed by atoms with Gasteiger partial charge in [0.05, 0.1) is 6.07 Å². The van der Waals surface area contributed by atoms with Crippen molar-refractivity contribution in [2.45, 2.75) is 96.3 Å². The van der Waals surface area contributed by atoms with Gasteiger partial charge in [0.1, 0.15) is 0 Å². The quantitative estimate of drug-likeness (QED) is 0.421. The first-order valence-electron chi connectivity index (χ1n) is 11.9. The van der Waals surface area contributed by atoms with E-state index in [-0.39, 0.29) is 0 Å². The zero-order valence-corrected chi connectivity index (χ0v) is 17.9. The maximum Gasteiger partial charge on any atom is 0.0908 e. The van der Waals surface area contributed by atoms with Gasteiger partial charge in [-0.15, -0.1) is 0 Å². The van der Waals surface area contributed by atoms with E-state index in [2.05, 4.69) is 37.3 Å². The van der Waals surface area contributed by atoms with Gasteiger partial charge in [-0.1, -0.05) is 75.8 Å². The van der Waals surface area contributed by atoms with Crippen LogP contribution in [0.5, 0.6) is 0 Å². The van der Waals surface area contributed by atoms with E-state index in [9.17, 15) is 0 Å². The first-order valence-corrected chi connectivity index (χ1v) is 11.9. The molecule has 0 heterocycles. The number of rotatable bonds is 8. The first kappa shape index (κ1) is 21.2. The van der Waals surface area contributed by atoms with Crippen LogP contribution in [0.4, 0.5) is 0 Å². The maximum absolute atomic E-state index is 8.56. The van der Waals surface area contributed by atoms with Crippen LogP contribution < -0.4 is 0 Å². The van der Waals surface area contributed by atoms with E-state index < -0.39 is 0 Å². The van der Waals surface area contributed by atoms with Gasteiger partial charge in [0.2, 0.25) is 0 Å². The Morgan fingerprint density at radius 3 is 1.89 bits per heavy atom. The molecule has 1 aromatic rings. The molecule has 0 radical (unpaired) electrons. The predicted molar refractivity (Wildman–Crippen MR) is 119 cm³/mol. The Kier molecular flexibility index (Phi) is 8.66. The molecular formula is C27H39N. The highest BCUT2D eigenvalue weighted by molar-refractivity contribution is 5.25. The smallest absolute Gasteiger partial charge is 0.0908 e. The average molecular weight is 378 g/mol. The summed E-state index contributed by atoms with van der Waals surface area (Å²) in [6.45, 7) is 2.24. The second-order valence-corrected chi connectivity index (χ2v) is 9.39. The van der Waals surface area contributed by atoms with Crippen LogP contribution in [0.2, 0.25) is 0 Å². The van der Waals surface area contributed by atoms with E-state index in [1.54, 1.807) is 11.6 Å². The van der Waals surface area contributed by atoms with Crippen LogP contribution in [0.15, 0.2) is 36.4 Å². The monoisotopic (exact) mass is 377 g/mol. The minimum Gasteiger partial charge on any atom is -0.193 e. The summed E-state index contributed by atoms with van der Waals surface area (Å²) in [6.07, 6.45) is 21.6. The summed E-state index contributed by atoms with van der Waals surface area (Å²) in [4.78, 5) is 0. The number of nitriles is 1. The standard InChI is InChI=1S/C27H39N/c1-2-22-13-17-26(18-14-22)27-19-15-25(16-20-27)12-11-24-9-7-23(8-10-24)6-4-3-5-21-28/h3,5,13-14,17-18,23-25,27H,2,4,6-12,15-16,19-20H2,1H3. The van der Waals surface area contributed by atoms with E-state index in [0.717, 1.165) is 36.5 Å². The van der Waals surface area contributed by atoms with E-state index in [4.69, 9.17) is 5.26 Å². The Morgan fingerprint density at radius 2 is 1.36 bits per heavy atom. The summed E-state index contributed by atoms with van der Waals surface area (Å²) in [7, 11) is 0. The third-order valence-electron chi connectivity index (χ3n) is 7.59. The van der Waals surface area contributed by atoms with Gasteiger partial charge >= 0.3 is 0 Å². The molecule has 1 heteroatoms. The van der Waals surface area contributed by atoms with Crippen LogP contribution in [0.3, 0.4) is 0 Å². The fourth-order valence-electron chi connectivity index (χ4n) is 5.56. The average Bonchev–Trinajstić information content (AvgIpc) is 2.76. The summed E-state index contributed by atoms with van der Waals surface area (Å²) >= 11 is 0. The molecular weight excluding hydrogens is 338 g/mol. The third-order valence-corrected chi connectivity index (χ3v) is 7.59. The van der Waals surface area contributed by atoms with Crippen LogP contribution in [-0.2, 0) is 6.42 Å². The molecule has 152 valence electrons. The van der Waals surface area contributed by atoms with Crippen LogP contribution in [0, 0.1) is 29.1 Å². The minimum atomic E-state index is 0.813. The number of aryl methyl sites for hydroxylation is 1. The zero-order valence-electron chi connectivity index (χ0n) is 17.9. The molecule has 0 amide bonds. The Labute approximate surface area is 173 Å². The number of benzene rings is 1. The van der Waals surface area contributed by atoms with E-state index in [1.807, 2.05) is 6.08 Å². The first-order chi connectivity index (χ1) is 13.8. The second kappa shape index (κ2) is 11.5. The van der Waals surface area contributed by atoms with Gasteiger partial charge in [-0.05, 0) is 79.7 Å². The number of nitrogens with zero attached hydrogens (tertiary/aromatic N) is 1. The predicted octanol–water partition coefficient (Wildman–Crippen LogP) is 7.97. The van der Waals surface area contributed by atoms with E-state index in [1.165, 1.54) is 76.2 Å². The van der Waals surface area contributed by atoms with Crippen molar-refractivity contribution < 1.29 is 0 Å². The van der Waals surface area contributed by atoms with Gasteiger partial charge in [0.25, 0.3) is 0 Å². The lowest BCUT2D eigenvalue weighted by Gasteiger charge is -2.32. The normalized spacial score (nSPS) is 28.3. The molecule has 28 heavy (non-hydrogen) atoms. The molecule has 2 fully saturated rings. The molecule has 0 aromatic heterocycles. The molecule has 3 rings (SSSR count). The lowest BCUT2D eigenvalue weighted by atomic mass is 9.74. The summed E-state index contributed by atoms with van der Waals surface area (Å²) < 4.78 is 0. The molecule has 2 aliphatic carbocycles. The maximum atomic E-state index is 8.56. The van der Waals surface area contributed by atoms with Gasteiger partial charge in [-0.2, -0.15) is 5.26 Å². The van der Waals surface area contributed by atoms with Gasteiger partial charge in [0, 0.05) is 6.08 Å². The van der Waals surface area contributed by atoms with Gasteiger partial charge in [0.15, 0.2) is 0 Å². The SMILES string of the molecule is CCc1ccc(C2CCC(CCC3CCC(CCC=CC#N)CC3)CC2)cc1. The molecule has 1 aromatic carbocycles. The summed E-state index contributed by atoms with van der Waals surface area (Å²) in [6, 6.07) is 11.5. The third kappa shape index (κ3) is 6.51. The van der Waals surface area contributed by atoms with Crippen molar-refractivity contribution in [1.82, 2.24) is 0 Å². The lowest BCUT2D eigenvalue weighted by Crippen LogP contribution is -2.17. The summed E-state index contributed by atoms with van der Waals surface area (Å²) in [5.74, 6) is 3.70. The van der Waals surface area contributed by atoms with Crippen molar-refractivity contribution in [2.75, 3.05) is 0 Å². The molecule has 0 saturated heterocycles. The van der Waals surface area contributed by atoms with Crippen molar-refractivity contribution in [2.24, 2.45) is 17.8 Å². The molecule has 0 aliphatic heterocycles. The van der Waals surface area contributed by atoms with Gasteiger partial charge in [-0.25, -0.2) is 0 Å². The van der Waals surface area contributed by atoms with Crippen LogP contribution in [0.1, 0.15) is 101 Å². The Balaban J connectivity index is 1.30. The molecule has 2 saturated carbocycles. The highest BCUT2D eigenvalue weighted by Crippen LogP contribution is 2.40. The van der Waals surface area contributed by atoms with Crippen molar-refractivity contribution >= 4 is 0 Å². The van der Waals surface area contributed by atoms with E-state index >= 15 is 0 Å². The molecule has 0 atom stereocenters. The molecule has 0 N–H and O–H groups in total. The Bertz CT molecular complexity index is 619. The Hall–Kier alpha value is -1.55. The van der Waals surface area contributed by atoms with Crippen molar-refractivity contribution in [3.63, 3.8) is 0 Å². The molecule has 0 bridgehead atoms. The van der Waals surface area contributed by atoms with Crippen molar-refractivity contribution in [1.29, 1.82) is 5.26 Å². The molecule has 0 spiro atoms. The van der Waals surface area contributed by atoms with Crippen molar-refractivity contribution in [3.05, 3.63) is 47.5 Å². The largest absolute Gasteiger partial charge is 0.193 e. The summed E-state index contributed by atoms with van der Waals surface area (Å²) in [5, 5.41) is 8.56. The molecule has 0 unspecified atom stereocenters. The van der Waals surface area contributed by atoms with Gasteiger partial charge < -0.3 is 0 Å². The van der Waals surface area contributed by atoms with Crippen LogP contribution >= 0.6 is 0 Å². The highest BCUT2D eigenvalue weighted by Gasteiger charge is 2.25.